The Labute approximate surface area is 101 Å². The van der Waals surface area contributed by atoms with Gasteiger partial charge in [0.2, 0.25) is 0 Å². The molecule has 1 saturated heterocycles. The lowest BCUT2D eigenvalue weighted by atomic mass is 10.1. The first kappa shape index (κ1) is 12.1. The van der Waals surface area contributed by atoms with Gasteiger partial charge in [0, 0.05) is 13.1 Å². The molecule has 2 rings (SSSR count). The number of nitrogens with one attached hydrogen (secondary N) is 1. The fourth-order valence-electron chi connectivity index (χ4n) is 2.25. The average molecular weight is 237 g/mol. The Balaban J connectivity index is 2.06. The molecule has 1 N–H and O–H groups in total. The molecule has 94 valence electrons. The SMILES string of the molecule is Cc1oncc1C(=O)N(C)C1CCCNCC1. The zero-order valence-corrected chi connectivity index (χ0v) is 10.4. The summed E-state index contributed by atoms with van der Waals surface area (Å²) in [5.41, 5.74) is 0.574. The van der Waals surface area contributed by atoms with Crippen LogP contribution in [0.15, 0.2) is 10.7 Å². The van der Waals surface area contributed by atoms with Gasteiger partial charge in [0.1, 0.15) is 11.3 Å². The third-order valence-electron chi connectivity index (χ3n) is 3.39. The molecular weight excluding hydrogens is 218 g/mol. The average Bonchev–Trinajstić information content (AvgIpc) is 2.60. The van der Waals surface area contributed by atoms with E-state index in [1.807, 2.05) is 11.9 Å². The van der Waals surface area contributed by atoms with Crippen LogP contribution in [0.5, 0.6) is 0 Å². The molecule has 17 heavy (non-hydrogen) atoms. The quantitative estimate of drug-likeness (QED) is 0.839. The molecular formula is C12H19N3O2. The summed E-state index contributed by atoms with van der Waals surface area (Å²) in [6, 6.07) is 0.312. The van der Waals surface area contributed by atoms with Crippen molar-refractivity contribution in [2.45, 2.75) is 32.2 Å². The van der Waals surface area contributed by atoms with Crippen molar-refractivity contribution in [3.63, 3.8) is 0 Å². The van der Waals surface area contributed by atoms with E-state index in [0.717, 1.165) is 32.4 Å². The van der Waals surface area contributed by atoms with Crippen molar-refractivity contribution in [3.05, 3.63) is 17.5 Å². The summed E-state index contributed by atoms with van der Waals surface area (Å²) in [6.07, 6.45) is 4.68. The number of aryl methyl sites for hydroxylation is 1. The largest absolute Gasteiger partial charge is 0.361 e. The van der Waals surface area contributed by atoms with Gasteiger partial charge in [0.25, 0.3) is 5.91 Å². The first-order valence-corrected chi connectivity index (χ1v) is 6.09. The topological polar surface area (TPSA) is 58.4 Å². The summed E-state index contributed by atoms with van der Waals surface area (Å²) in [4.78, 5) is 14.1. The fourth-order valence-corrected chi connectivity index (χ4v) is 2.25. The number of carbonyl (C=O) groups is 1. The van der Waals surface area contributed by atoms with Crippen molar-refractivity contribution in [1.82, 2.24) is 15.4 Å². The van der Waals surface area contributed by atoms with E-state index < -0.39 is 0 Å². The van der Waals surface area contributed by atoms with Crippen LogP contribution in [0.1, 0.15) is 35.4 Å². The molecule has 0 saturated carbocycles. The van der Waals surface area contributed by atoms with Crippen molar-refractivity contribution in [2.75, 3.05) is 20.1 Å². The van der Waals surface area contributed by atoms with Gasteiger partial charge in [-0.05, 0) is 39.3 Å². The molecule has 0 radical (unpaired) electrons. The van der Waals surface area contributed by atoms with E-state index in [1.54, 1.807) is 6.92 Å². The lowest BCUT2D eigenvalue weighted by molar-refractivity contribution is 0.0718. The summed E-state index contributed by atoms with van der Waals surface area (Å²) >= 11 is 0. The van der Waals surface area contributed by atoms with E-state index in [1.165, 1.54) is 6.20 Å². The molecule has 0 bridgehead atoms. The van der Waals surface area contributed by atoms with E-state index in [4.69, 9.17) is 4.52 Å². The maximum absolute atomic E-state index is 12.2. The zero-order valence-electron chi connectivity index (χ0n) is 10.4. The van der Waals surface area contributed by atoms with Crippen LogP contribution in [-0.4, -0.2) is 42.1 Å². The normalized spacial score (nSPS) is 20.9. The van der Waals surface area contributed by atoms with Gasteiger partial charge in [0.05, 0.1) is 6.20 Å². The highest BCUT2D eigenvalue weighted by molar-refractivity contribution is 5.94. The van der Waals surface area contributed by atoms with Gasteiger partial charge in [-0.3, -0.25) is 4.79 Å². The van der Waals surface area contributed by atoms with Crippen LogP contribution in [0.3, 0.4) is 0 Å². The molecule has 1 atom stereocenters. The van der Waals surface area contributed by atoms with Crippen LogP contribution in [0.25, 0.3) is 0 Å². The Bertz CT molecular complexity index is 381. The molecule has 1 amide bonds. The van der Waals surface area contributed by atoms with E-state index >= 15 is 0 Å². The molecule has 2 heterocycles. The Morgan fingerprint density at radius 3 is 3.06 bits per heavy atom. The highest BCUT2D eigenvalue weighted by Crippen LogP contribution is 2.16. The second kappa shape index (κ2) is 5.31. The van der Waals surface area contributed by atoms with Crippen LogP contribution >= 0.6 is 0 Å². The molecule has 1 aliphatic rings. The Morgan fingerprint density at radius 1 is 1.53 bits per heavy atom. The first-order valence-electron chi connectivity index (χ1n) is 6.09. The van der Waals surface area contributed by atoms with Gasteiger partial charge in [0.15, 0.2) is 0 Å². The number of hydrogen-bond acceptors (Lipinski definition) is 4. The molecule has 1 aromatic rings. The van der Waals surface area contributed by atoms with E-state index in [-0.39, 0.29) is 5.91 Å². The number of nitrogens with zero attached hydrogens (tertiary/aromatic N) is 2. The molecule has 5 heteroatoms. The van der Waals surface area contributed by atoms with Gasteiger partial charge >= 0.3 is 0 Å². The molecule has 1 aliphatic heterocycles. The fraction of sp³-hybridized carbons (Fsp3) is 0.667. The molecule has 1 fully saturated rings. The van der Waals surface area contributed by atoms with Gasteiger partial charge in [-0.25, -0.2) is 0 Å². The van der Waals surface area contributed by atoms with Crippen LogP contribution < -0.4 is 5.32 Å². The maximum atomic E-state index is 12.2. The number of carbonyl (C=O) groups excluding carboxylic acids is 1. The summed E-state index contributed by atoms with van der Waals surface area (Å²) in [6.45, 7) is 3.79. The predicted molar refractivity (Wildman–Crippen MR) is 63.8 cm³/mol. The standard InChI is InChI=1S/C12H19N3O2/c1-9-11(8-14-17-9)12(16)15(2)10-4-3-6-13-7-5-10/h8,10,13H,3-7H2,1-2H3. The maximum Gasteiger partial charge on any atom is 0.259 e. The summed E-state index contributed by atoms with van der Waals surface area (Å²) in [7, 11) is 1.87. The zero-order chi connectivity index (χ0) is 12.3. The number of rotatable bonds is 2. The first-order chi connectivity index (χ1) is 8.20. The molecule has 1 unspecified atom stereocenters. The number of amides is 1. The van der Waals surface area contributed by atoms with Crippen LogP contribution in [-0.2, 0) is 0 Å². The van der Waals surface area contributed by atoms with E-state index in [9.17, 15) is 4.79 Å². The molecule has 5 nitrogen and oxygen atoms in total. The van der Waals surface area contributed by atoms with Crippen LogP contribution in [0, 0.1) is 6.92 Å². The third-order valence-corrected chi connectivity index (χ3v) is 3.39. The second-order valence-corrected chi connectivity index (χ2v) is 4.55. The number of aromatic nitrogens is 1. The summed E-state index contributed by atoms with van der Waals surface area (Å²) < 4.78 is 4.94. The second-order valence-electron chi connectivity index (χ2n) is 4.55. The molecule has 0 spiro atoms. The van der Waals surface area contributed by atoms with E-state index in [2.05, 4.69) is 10.5 Å². The van der Waals surface area contributed by atoms with E-state index in [0.29, 0.717) is 17.4 Å². The smallest absolute Gasteiger partial charge is 0.259 e. The van der Waals surface area contributed by atoms with Crippen molar-refractivity contribution in [1.29, 1.82) is 0 Å². The predicted octanol–water partition coefficient (Wildman–Crippen LogP) is 1.20. The van der Waals surface area contributed by atoms with Crippen LogP contribution in [0.4, 0.5) is 0 Å². The summed E-state index contributed by atoms with van der Waals surface area (Å²) in [5, 5.41) is 7.00. The lowest BCUT2D eigenvalue weighted by Gasteiger charge is -2.26. The highest BCUT2D eigenvalue weighted by Gasteiger charge is 2.24. The summed E-state index contributed by atoms with van der Waals surface area (Å²) in [5.74, 6) is 0.601. The van der Waals surface area contributed by atoms with Crippen molar-refractivity contribution in [2.24, 2.45) is 0 Å². The molecule has 0 aliphatic carbocycles. The minimum absolute atomic E-state index is 0.00986. The number of hydrogen-bond donors (Lipinski definition) is 1. The van der Waals surface area contributed by atoms with Gasteiger partial charge < -0.3 is 14.7 Å². The molecule has 1 aromatic heterocycles. The Morgan fingerprint density at radius 2 is 2.35 bits per heavy atom. The Hall–Kier alpha value is -1.36. The van der Waals surface area contributed by atoms with Crippen molar-refractivity contribution < 1.29 is 9.32 Å². The van der Waals surface area contributed by atoms with Crippen LogP contribution in [0.2, 0.25) is 0 Å². The highest BCUT2D eigenvalue weighted by atomic mass is 16.5. The Kier molecular flexibility index (Phi) is 3.78. The lowest BCUT2D eigenvalue weighted by Crippen LogP contribution is -2.37. The molecule has 0 aromatic carbocycles. The van der Waals surface area contributed by atoms with Crippen molar-refractivity contribution >= 4 is 5.91 Å². The van der Waals surface area contributed by atoms with Crippen molar-refractivity contribution in [3.8, 4) is 0 Å². The minimum Gasteiger partial charge on any atom is -0.361 e. The van der Waals surface area contributed by atoms with Gasteiger partial charge in [-0.1, -0.05) is 5.16 Å². The monoisotopic (exact) mass is 237 g/mol. The van der Waals surface area contributed by atoms with Gasteiger partial charge in [-0.2, -0.15) is 0 Å². The minimum atomic E-state index is 0.00986. The van der Waals surface area contributed by atoms with Gasteiger partial charge in [-0.15, -0.1) is 0 Å². The third kappa shape index (κ3) is 2.66.